The molecule has 1 aromatic carbocycles. The lowest BCUT2D eigenvalue weighted by Crippen LogP contribution is -2.47. The van der Waals surface area contributed by atoms with Crippen molar-refractivity contribution in [3.8, 4) is 11.8 Å². The molecule has 0 bridgehead atoms. The van der Waals surface area contributed by atoms with E-state index in [4.69, 9.17) is 15.1 Å². The number of carbonyl (C=O) groups is 1. The van der Waals surface area contributed by atoms with Crippen LogP contribution in [0.2, 0.25) is 0 Å². The number of carbonyl (C=O) groups excluding carboxylic acids is 1. The van der Waals surface area contributed by atoms with Crippen molar-refractivity contribution in [2.24, 2.45) is 5.14 Å². The zero-order valence-electron chi connectivity index (χ0n) is 14.1. The van der Waals surface area contributed by atoms with Gasteiger partial charge in [0.25, 0.3) is 5.91 Å². The Labute approximate surface area is 147 Å². The number of likely N-dealkylation sites (tertiary alicyclic amines) is 1. The van der Waals surface area contributed by atoms with E-state index >= 15 is 0 Å². The molecule has 2 rings (SSSR count). The lowest BCUT2D eigenvalue weighted by Gasteiger charge is -2.28. The molecule has 1 aromatic rings. The van der Waals surface area contributed by atoms with Crippen molar-refractivity contribution in [2.75, 3.05) is 20.2 Å². The van der Waals surface area contributed by atoms with E-state index in [0.29, 0.717) is 12.8 Å². The number of nitrogens with two attached hydrogens (primary N) is 1. The summed E-state index contributed by atoms with van der Waals surface area (Å²) in [4.78, 5) is 14.7. The van der Waals surface area contributed by atoms with E-state index in [2.05, 4.69) is 16.3 Å². The maximum Gasteiger partial charge on any atom is 0.256 e. The van der Waals surface area contributed by atoms with Crippen LogP contribution in [0.3, 0.4) is 0 Å². The highest BCUT2D eigenvalue weighted by atomic mass is 32.2. The molecule has 0 aliphatic carbocycles. The van der Waals surface area contributed by atoms with E-state index in [1.807, 2.05) is 0 Å². The van der Waals surface area contributed by atoms with Crippen molar-refractivity contribution in [1.29, 1.82) is 5.26 Å². The lowest BCUT2D eigenvalue weighted by atomic mass is 10.1. The molecule has 1 aliphatic rings. The van der Waals surface area contributed by atoms with Gasteiger partial charge in [-0.3, -0.25) is 9.69 Å². The SMILES string of the molecule is COc1ccc(S(N)(=O)=O)cc1C(=O)NC(CCC#N)N1CCCC1. The Morgan fingerprint density at radius 2 is 2.12 bits per heavy atom. The van der Waals surface area contributed by atoms with Gasteiger partial charge in [-0.05, 0) is 37.5 Å². The molecule has 0 spiro atoms. The van der Waals surface area contributed by atoms with Gasteiger partial charge in [-0.25, -0.2) is 13.6 Å². The van der Waals surface area contributed by atoms with Crippen molar-refractivity contribution in [3.63, 3.8) is 0 Å². The molecule has 3 N–H and O–H groups in total. The molecular weight excluding hydrogens is 344 g/mol. The molecule has 0 aromatic heterocycles. The predicted molar refractivity (Wildman–Crippen MR) is 91.3 cm³/mol. The second-order valence-corrected chi connectivity index (χ2v) is 7.40. The molecule has 1 saturated heterocycles. The summed E-state index contributed by atoms with van der Waals surface area (Å²) >= 11 is 0. The monoisotopic (exact) mass is 366 g/mol. The summed E-state index contributed by atoms with van der Waals surface area (Å²) in [5, 5.41) is 16.9. The number of amides is 1. The molecule has 9 heteroatoms. The molecule has 1 amide bonds. The minimum Gasteiger partial charge on any atom is -0.496 e. The first-order valence-corrected chi connectivity index (χ1v) is 9.54. The summed E-state index contributed by atoms with van der Waals surface area (Å²) in [5.74, 6) is -0.206. The smallest absolute Gasteiger partial charge is 0.256 e. The Morgan fingerprint density at radius 1 is 1.44 bits per heavy atom. The number of hydrogen-bond acceptors (Lipinski definition) is 6. The van der Waals surface area contributed by atoms with Crippen LogP contribution in [0.5, 0.6) is 5.75 Å². The number of methoxy groups -OCH3 is 1. The van der Waals surface area contributed by atoms with Crippen LogP contribution >= 0.6 is 0 Å². The van der Waals surface area contributed by atoms with E-state index in [1.165, 1.54) is 25.3 Å². The topological polar surface area (TPSA) is 126 Å². The fourth-order valence-electron chi connectivity index (χ4n) is 2.87. The third-order valence-electron chi connectivity index (χ3n) is 4.15. The van der Waals surface area contributed by atoms with Crippen LogP contribution in [0.25, 0.3) is 0 Å². The Hall–Kier alpha value is -2.15. The molecule has 0 saturated carbocycles. The van der Waals surface area contributed by atoms with Crippen LogP contribution in [0.15, 0.2) is 23.1 Å². The second-order valence-electron chi connectivity index (χ2n) is 5.84. The molecule has 8 nitrogen and oxygen atoms in total. The molecule has 25 heavy (non-hydrogen) atoms. The van der Waals surface area contributed by atoms with E-state index in [1.54, 1.807) is 0 Å². The number of hydrogen-bond donors (Lipinski definition) is 2. The van der Waals surface area contributed by atoms with Crippen LogP contribution in [0.4, 0.5) is 0 Å². The first kappa shape index (κ1) is 19.2. The summed E-state index contributed by atoms with van der Waals surface area (Å²) in [6.45, 7) is 1.70. The summed E-state index contributed by atoms with van der Waals surface area (Å²) in [6, 6.07) is 5.98. The summed E-state index contributed by atoms with van der Waals surface area (Å²) in [6.07, 6.45) is 2.62. The van der Waals surface area contributed by atoms with Gasteiger partial charge in [-0.15, -0.1) is 0 Å². The van der Waals surface area contributed by atoms with Gasteiger partial charge in [0.1, 0.15) is 5.75 Å². The molecular formula is C16H22N4O4S. The number of primary sulfonamides is 1. The highest BCUT2D eigenvalue weighted by Gasteiger charge is 2.25. The first-order valence-electron chi connectivity index (χ1n) is 7.99. The summed E-state index contributed by atoms with van der Waals surface area (Å²) in [5.41, 5.74) is 0.0928. The van der Waals surface area contributed by atoms with E-state index in [-0.39, 0.29) is 22.4 Å². The van der Waals surface area contributed by atoms with Gasteiger partial charge in [0, 0.05) is 19.5 Å². The van der Waals surface area contributed by atoms with Gasteiger partial charge >= 0.3 is 0 Å². The van der Waals surface area contributed by atoms with Crippen LogP contribution in [0, 0.1) is 11.3 Å². The minimum atomic E-state index is -3.93. The molecule has 1 unspecified atom stereocenters. The highest BCUT2D eigenvalue weighted by Crippen LogP contribution is 2.23. The van der Waals surface area contributed by atoms with Gasteiger partial charge < -0.3 is 10.1 Å². The Bertz CT molecular complexity index is 767. The quantitative estimate of drug-likeness (QED) is 0.735. The number of rotatable bonds is 7. The van der Waals surface area contributed by atoms with E-state index in [9.17, 15) is 13.2 Å². The zero-order valence-corrected chi connectivity index (χ0v) is 14.9. The van der Waals surface area contributed by atoms with Crippen molar-refractivity contribution < 1.29 is 17.9 Å². The van der Waals surface area contributed by atoms with Crippen molar-refractivity contribution in [2.45, 2.75) is 36.7 Å². The summed E-state index contributed by atoms with van der Waals surface area (Å²) in [7, 11) is -2.53. The largest absolute Gasteiger partial charge is 0.496 e. The predicted octanol–water partition coefficient (Wildman–Crippen LogP) is 0.798. The van der Waals surface area contributed by atoms with Gasteiger partial charge in [-0.1, -0.05) is 0 Å². The van der Waals surface area contributed by atoms with E-state index < -0.39 is 15.9 Å². The third-order valence-corrected chi connectivity index (χ3v) is 5.06. The fraction of sp³-hybridized carbons (Fsp3) is 0.500. The van der Waals surface area contributed by atoms with Crippen molar-refractivity contribution in [3.05, 3.63) is 23.8 Å². The van der Waals surface area contributed by atoms with Crippen LogP contribution in [-0.2, 0) is 10.0 Å². The Morgan fingerprint density at radius 3 is 2.68 bits per heavy atom. The Kier molecular flexibility index (Phi) is 6.36. The van der Waals surface area contributed by atoms with Gasteiger partial charge in [0.05, 0.1) is 29.8 Å². The molecule has 1 aliphatic heterocycles. The van der Waals surface area contributed by atoms with Crippen LogP contribution < -0.4 is 15.2 Å². The number of nitrogens with zero attached hydrogens (tertiary/aromatic N) is 2. The maximum absolute atomic E-state index is 12.7. The molecule has 1 heterocycles. The average Bonchev–Trinajstić information content (AvgIpc) is 3.11. The number of benzene rings is 1. The molecule has 0 radical (unpaired) electrons. The third kappa shape index (κ3) is 4.92. The van der Waals surface area contributed by atoms with Crippen LogP contribution in [0.1, 0.15) is 36.0 Å². The molecule has 1 fully saturated rings. The average molecular weight is 366 g/mol. The highest BCUT2D eigenvalue weighted by molar-refractivity contribution is 7.89. The number of sulfonamides is 1. The second kappa shape index (κ2) is 8.29. The molecule has 136 valence electrons. The standard InChI is InChI=1S/C16H22N4O4S/c1-24-14-7-6-12(25(18,22)23)11-13(14)16(21)19-15(5-4-8-17)20-9-2-3-10-20/h6-7,11,15H,2-5,9-10H2,1H3,(H,19,21)(H2,18,22,23). The molecule has 1 atom stereocenters. The maximum atomic E-state index is 12.7. The normalized spacial score (nSPS) is 16.2. The van der Waals surface area contributed by atoms with Gasteiger partial charge in [0.2, 0.25) is 10.0 Å². The Balaban J connectivity index is 2.26. The van der Waals surface area contributed by atoms with Crippen molar-refractivity contribution >= 4 is 15.9 Å². The van der Waals surface area contributed by atoms with Crippen molar-refractivity contribution in [1.82, 2.24) is 10.2 Å². The van der Waals surface area contributed by atoms with Gasteiger partial charge in [-0.2, -0.15) is 5.26 Å². The number of nitrogens with one attached hydrogen (secondary N) is 1. The first-order chi connectivity index (χ1) is 11.9. The van der Waals surface area contributed by atoms with Crippen LogP contribution in [-0.4, -0.2) is 45.6 Å². The number of nitriles is 1. The lowest BCUT2D eigenvalue weighted by molar-refractivity contribution is 0.0862. The number of ether oxygens (including phenoxy) is 1. The zero-order chi connectivity index (χ0) is 18.4. The minimum absolute atomic E-state index is 0.0928. The summed E-state index contributed by atoms with van der Waals surface area (Å²) < 4.78 is 28.2. The van der Waals surface area contributed by atoms with Gasteiger partial charge in [0.15, 0.2) is 0 Å². The fourth-order valence-corrected chi connectivity index (χ4v) is 3.41. The van der Waals surface area contributed by atoms with E-state index in [0.717, 1.165) is 25.9 Å².